The summed E-state index contributed by atoms with van der Waals surface area (Å²) in [5, 5.41) is 24.2. The summed E-state index contributed by atoms with van der Waals surface area (Å²) < 4.78 is 6.58. The lowest BCUT2D eigenvalue weighted by Gasteiger charge is -2.50. The molecule has 2 heterocycles. The van der Waals surface area contributed by atoms with Crippen molar-refractivity contribution in [3.63, 3.8) is 0 Å². The number of hydrogen-bond acceptors (Lipinski definition) is 4. The Hall–Kier alpha value is -2.21. The van der Waals surface area contributed by atoms with Gasteiger partial charge in [0.2, 0.25) is 0 Å². The Balaban J connectivity index is 1.61. The number of ether oxygens (including phenoxy) is 1. The third kappa shape index (κ3) is 4.15. The van der Waals surface area contributed by atoms with Crippen LogP contribution >= 0.6 is 0 Å². The van der Waals surface area contributed by atoms with Gasteiger partial charge in [0.25, 0.3) is 5.91 Å². The Kier molecular flexibility index (Phi) is 5.96. The van der Waals surface area contributed by atoms with Crippen LogP contribution in [0.5, 0.6) is 0 Å². The third-order valence-corrected chi connectivity index (χ3v) is 6.83. The number of amides is 1. The lowest BCUT2D eigenvalue weighted by Crippen LogP contribution is -2.58. The third-order valence-electron chi connectivity index (χ3n) is 6.83. The summed E-state index contributed by atoms with van der Waals surface area (Å²) in [4.78, 5) is 12.8. The first-order valence-electron chi connectivity index (χ1n) is 10.8. The van der Waals surface area contributed by atoms with Crippen molar-refractivity contribution in [3.05, 3.63) is 71.8 Å². The number of carbonyl (C=O) groups excluding carboxylic acids is 1. The second kappa shape index (κ2) is 8.50. The van der Waals surface area contributed by atoms with E-state index in [4.69, 9.17) is 4.74 Å². The van der Waals surface area contributed by atoms with Crippen LogP contribution in [0.4, 0.5) is 0 Å². The van der Waals surface area contributed by atoms with E-state index in [0.717, 1.165) is 6.42 Å². The molecule has 2 aliphatic heterocycles. The van der Waals surface area contributed by atoms with Gasteiger partial charge in [-0.25, -0.2) is 0 Å². The highest BCUT2D eigenvalue weighted by atomic mass is 16.5. The standard InChI is InChI=1S/C25H31NO4/c1-24-16-20(18-8-4-2-5-9-18)17-25(30-24,14-15-27)13-12-21(22(24)28)26-23(29)19-10-6-3-7-11-19/h2-11,20-22,27-28H,12-17H2,1H3,(H,26,29)/t20-,21-,22+,24+,25-/m1/s1. The molecule has 3 N–H and O–H groups in total. The van der Waals surface area contributed by atoms with Crippen molar-refractivity contribution in [2.75, 3.05) is 6.61 Å². The fourth-order valence-corrected chi connectivity index (χ4v) is 5.36. The van der Waals surface area contributed by atoms with Gasteiger partial charge >= 0.3 is 0 Å². The van der Waals surface area contributed by atoms with Crippen LogP contribution in [0.25, 0.3) is 0 Å². The zero-order valence-electron chi connectivity index (χ0n) is 17.5. The van der Waals surface area contributed by atoms with Gasteiger partial charge in [-0.3, -0.25) is 4.79 Å². The summed E-state index contributed by atoms with van der Waals surface area (Å²) in [6.07, 6.45) is 2.46. The quantitative estimate of drug-likeness (QED) is 0.707. The van der Waals surface area contributed by atoms with Gasteiger partial charge < -0.3 is 20.3 Å². The molecule has 5 atom stereocenters. The van der Waals surface area contributed by atoms with Gasteiger partial charge in [-0.05, 0) is 62.6 Å². The molecule has 2 aliphatic rings. The SMILES string of the molecule is C[C@]12C[C@@H](c3ccccc3)C[C@](CCO)(CC[C@@H](NC(=O)c3ccccc3)[C@@H]1O)O2. The zero-order chi connectivity index (χ0) is 21.2. The molecule has 0 spiro atoms. The van der Waals surface area contributed by atoms with E-state index in [2.05, 4.69) is 17.4 Å². The van der Waals surface area contributed by atoms with Crippen molar-refractivity contribution >= 4 is 5.91 Å². The number of rotatable bonds is 5. The molecule has 0 aliphatic carbocycles. The second-order valence-electron chi connectivity index (χ2n) is 9.02. The molecule has 2 fully saturated rings. The molecule has 30 heavy (non-hydrogen) atoms. The van der Waals surface area contributed by atoms with E-state index >= 15 is 0 Å². The van der Waals surface area contributed by atoms with Crippen molar-refractivity contribution < 1.29 is 19.7 Å². The zero-order valence-corrected chi connectivity index (χ0v) is 17.5. The summed E-state index contributed by atoms with van der Waals surface area (Å²) in [5.74, 6) is 0.0465. The van der Waals surface area contributed by atoms with Gasteiger partial charge in [0.15, 0.2) is 0 Å². The molecule has 5 heteroatoms. The molecule has 4 rings (SSSR count). The van der Waals surface area contributed by atoms with Crippen LogP contribution in [0.1, 0.15) is 60.9 Å². The van der Waals surface area contributed by atoms with Crippen molar-refractivity contribution in [2.24, 2.45) is 0 Å². The normalized spacial score (nSPS) is 33.5. The molecule has 5 nitrogen and oxygen atoms in total. The van der Waals surface area contributed by atoms with Gasteiger partial charge in [0, 0.05) is 12.2 Å². The average molecular weight is 410 g/mol. The molecule has 0 radical (unpaired) electrons. The van der Waals surface area contributed by atoms with Crippen molar-refractivity contribution in [1.82, 2.24) is 5.32 Å². The fraction of sp³-hybridized carbons (Fsp3) is 0.480. The molecule has 2 bridgehead atoms. The van der Waals surface area contributed by atoms with Crippen LogP contribution in [-0.2, 0) is 4.74 Å². The minimum Gasteiger partial charge on any atom is -0.396 e. The van der Waals surface area contributed by atoms with Crippen LogP contribution in [0.3, 0.4) is 0 Å². The predicted octanol–water partition coefficient (Wildman–Crippen LogP) is 3.41. The highest BCUT2D eigenvalue weighted by molar-refractivity contribution is 5.94. The van der Waals surface area contributed by atoms with Crippen molar-refractivity contribution in [3.8, 4) is 0 Å². The topological polar surface area (TPSA) is 78.8 Å². The van der Waals surface area contributed by atoms with E-state index in [1.165, 1.54) is 5.56 Å². The van der Waals surface area contributed by atoms with E-state index in [1.807, 2.05) is 43.3 Å². The Bertz CT molecular complexity index is 858. The fourth-order valence-electron chi connectivity index (χ4n) is 5.36. The summed E-state index contributed by atoms with van der Waals surface area (Å²) in [6.45, 7) is 1.99. The maximum absolute atomic E-state index is 12.8. The van der Waals surface area contributed by atoms with E-state index in [1.54, 1.807) is 12.1 Å². The molecular weight excluding hydrogens is 378 g/mol. The van der Waals surface area contributed by atoms with Crippen molar-refractivity contribution in [2.45, 2.75) is 68.3 Å². The maximum Gasteiger partial charge on any atom is 0.251 e. The molecule has 2 saturated heterocycles. The first kappa shape index (κ1) is 21.0. The largest absolute Gasteiger partial charge is 0.396 e. The Morgan fingerprint density at radius 2 is 1.77 bits per heavy atom. The summed E-state index contributed by atoms with van der Waals surface area (Å²) in [6, 6.07) is 19.0. The lowest BCUT2D eigenvalue weighted by molar-refractivity contribution is -0.223. The van der Waals surface area contributed by atoms with Crippen LogP contribution in [-0.4, -0.2) is 46.1 Å². The number of nitrogens with one attached hydrogen (secondary N) is 1. The Morgan fingerprint density at radius 3 is 2.43 bits per heavy atom. The first-order chi connectivity index (χ1) is 14.4. The van der Waals surface area contributed by atoms with Gasteiger partial charge in [0.1, 0.15) is 6.10 Å². The molecule has 0 saturated carbocycles. The highest BCUT2D eigenvalue weighted by Crippen LogP contribution is 2.51. The van der Waals surface area contributed by atoms with Crippen LogP contribution in [0, 0.1) is 0 Å². The van der Waals surface area contributed by atoms with Gasteiger partial charge in [-0.15, -0.1) is 0 Å². The molecule has 2 aromatic rings. The van der Waals surface area contributed by atoms with E-state index in [9.17, 15) is 15.0 Å². The number of fused-ring (bicyclic) bond motifs is 2. The number of carbonyl (C=O) groups is 1. The second-order valence-corrected chi connectivity index (χ2v) is 9.02. The average Bonchev–Trinajstić information content (AvgIpc) is 2.83. The molecule has 160 valence electrons. The number of hydrogen-bond donors (Lipinski definition) is 3. The number of aliphatic hydroxyl groups is 2. The van der Waals surface area contributed by atoms with E-state index in [-0.39, 0.29) is 18.4 Å². The minimum absolute atomic E-state index is 0.0364. The summed E-state index contributed by atoms with van der Waals surface area (Å²) >= 11 is 0. The smallest absolute Gasteiger partial charge is 0.251 e. The molecular formula is C25H31NO4. The monoisotopic (exact) mass is 409 g/mol. The number of aliphatic hydroxyl groups excluding tert-OH is 2. The van der Waals surface area contributed by atoms with Crippen LogP contribution in [0.2, 0.25) is 0 Å². The Labute approximate surface area is 178 Å². The lowest BCUT2D eigenvalue weighted by atomic mass is 9.73. The van der Waals surface area contributed by atoms with Crippen molar-refractivity contribution in [1.29, 1.82) is 0 Å². The summed E-state index contributed by atoms with van der Waals surface area (Å²) in [5.41, 5.74) is 0.498. The molecule has 2 aromatic carbocycles. The molecule has 1 amide bonds. The highest BCUT2D eigenvalue weighted by Gasteiger charge is 2.54. The molecule has 0 unspecified atom stereocenters. The summed E-state index contributed by atoms with van der Waals surface area (Å²) in [7, 11) is 0. The van der Waals surface area contributed by atoms with Gasteiger partial charge in [-0.1, -0.05) is 48.5 Å². The van der Waals surface area contributed by atoms with Gasteiger partial charge in [0.05, 0.1) is 17.2 Å². The van der Waals surface area contributed by atoms with Crippen LogP contribution in [0.15, 0.2) is 60.7 Å². The first-order valence-corrected chi connectivity index (χ1v) is 10.8. The minimum atomic E-state index is -0.836. The maximum atomic E-state index is 12.8. The molecule has 0 aromatic heterocycles. The van der Waals surface area contributed by atoms with E-state index in [0.29, 0.717) is 31.2 Å². The van der Waals surface area contributed by atoms with E-state index < -0.39 is 23.3 Å². The van der Waals surface area contributed by atoms with Gasteiger partial charge in [-0.2, -0.15) is 0 Å². The van der Waals surface area contributed by atoms with Crippen LogP contribution < -0.4 is 5.32 Å². The Morgan fingerprint density at radius 1 is 1.10 bits per heavy atom. The predicted molar refractivity (Wildman–Crippen MR) is 115 cm³/mol. The number of benzene rings is 2.